The van der Waals surface area contributed by atoms with Crippen molar-refractivity contribution in [3.63, 3.8) is 0 Å². The molecule has 1 aliphatic carbocycles. The van der Waals surface area contributed by atoms with Gasteiger partial charge < -0.3 is 10.2 Å². The van der Waals surface area contributed by atoms with E-state index in [1.165, 1.54) is 0 Å². The van der Waals surface area contributed by atoms with Crippen LogP contribution in [0.25, 0.3) is 0 Å². The molecule has 0 aliphatic heterocycles. The zero-order valence-electron chi connectivity index (χ0n) is 16.2. The van der Waals surface area contributed by atoms with Crippen LogP contribution < -0.4 is 0 Å². The highest BCUT2D eigenvalue weighted by atomic mass is 32.2. The van der Waals surface area contributed by atoms with Gasteiger partial charge in [0.2, 0.25) is 0 Å². The fraction of sp³-hybridized carbons (Fsp3) is 0.636. The summed E-state index contributed by atoms with van der Waals surface area (Å²) in [7, 11) is 0. The lowest BCUT2D eigenvalue weighted by Crippen LogP contribution is -2.32. The molecule has 5 heteroatoms. The monoisotopic (exact) mass is 392 g/mol. The molecule has 2 rings (SSSR count). The molecule has 0 radical (unpaired) electrons. The fourth-order valence-electron chi connectivity index (χ4n) is 3.79. The normalized spacial score (nSPS) is 21.9. The molecule has 3 unspecified atom stereocenters. The van der Waals surface area contributed by atoms with Gasteiger partial charge in [-0.25, -0.2) is 0 Å². The van der Waals surface area contributed by atoms with E-state index in [1.807, 2.05) is 37.3 Å². The number of hydrogen-bond acceptors (Lipinski definition) is 4. The van der Waals surface area contributed by atoms with Gasteiger partial charge in [0.15, 0.2) is 0 Å². The Balaban J connectivity index is 1.73. The Labute approximate surface area is 166 Å². The number of unbranched alkanes of at least 4 members (excludes halogenated alkanes) is 3. The van der Waals surface area contributed by atoms with Crippen LogP contribution in [0.4, 0.5) is 0 Å². The molecule has 27 heavy (non-hydrogen) atoms. The zero-order valence-corrected chi connectivity index (χ0v) is 17.0. The van der Waals surface area contributed by atoms with E-state index < -0.39 is 11.6 Å². The number of aliphatic hydroxyl groups is 1. The number of hydrogen-bond donors (Lipinski definition) is 2. The van der Waals surface area contributed by atoms with E-state index in [9.17, 15) is 14.7 Å². The number of carboxylic acid groups (broad SMARTS) is 1. The first kappa shape index (κ1) is 22.0. The maximum Gasteiger partial charge on any atom is 0.303 e. The van der Waals surface area contributed by atoms with Crippen molar-refractivity contribution in [2.75, 3.05) is 5.75 Å². The largest absolute Gasteiger partial charge is 0.481 e. The SMILES string of the molecule is CC(O)(CSC1CCC(=O)C1CCCCCCC(=O)O)Cc1ccccc1. The Morgan fingerprint density at radius 1 is 1.19 bits per heavy atom. The number of ketones is 1. The minimum atomic E-state index is -0.779. The summed E-state index contributed by atoms with van der Waals surface area (Å²) >= 11 is 1.75. The predicted octanol–water partition coefficient (Wildman–Crippen LogP) is 4.49. The van der Waals surface area contributed by atoms with Crippen LogP contribution in [0, 0.1) is 5.92 Å². The van der Waals surface area contributed by atoms with Crippen molar-refractivity contribution < 1.29 is 19.8 Å². The van der Waals surface area contributed by atoms with Gasteiger partial charge in [-0.1, -0.05) is 49.6 Å². The standard InChI is InChI=1S/C22H32O4S/c1-22(26,15-17-9-5-4-6-10-17)16-27-20-14-13-19(23)18(20)11-7-2-3-8-12-21(24)25/h4-6,9-10,18,20,26H,2-3,7-8,11-16H2,1H3,(H,24,25). The minimum Gasteiger partial charge on any atom is -0.481 e. The first-order chi connectivity index (χ1) is 12.9. The number of carbonyl (C=O) groups excluding carboxylic acids is 1. The molecular weight excluding hydrogens is 360 g/mol. The summed E-state index contributed by atoms with van der Waals surface area (Å²) in [6, 6.07) is 10.0. The van der Waals surface area contributed by atoms with Crippen LogP contribution in [0.2, 0.25) is 0 Å². The third-order valence-electron chi connectivity index (χ3n) is 5.23. The van der Waals surface area contributed by atoms with Crippen molar-refractivity contribution in [1.82, 2.24) is 0 Å². The molecule has 0 bridgehead atoms. The van der Waals surface area contributed by atoms with Gasteiger partial charge in [-0.3, -0.25) is 9.59 Å². The number of Topliss-reactive ketones (excluding diaryl/α,β-unsaturated/α-hetero) is 1. The molecular formula is C22H32O4S. The third-order valence-corrected chi connectivity index (χ3v) is 7.01. The van der Waals surface area contributed by atoms with E-state index in [0.717, 1.165) is 37.7 Å². The summed E-state index contributed by atoms with van der Waals surface area (Å²) in [5.74, 6) is 0.359. The molecule has 0 heterocycles. The summed E-state index contributed by atoms with van der Waals surface area (Å²) in [4.78, 5) is 22.8. The zero-order chi connectivity index (χ0) is 19.7. The summed E-state index contributed by atoms with van der Waals surface area (Å²) in [6.45, 7) is 1.88. The lowest BCUT2D eigenvalue weighted by atomic mass is 9.98. The lowest BCUT2D eigenvalue weighted by molar-refractivity contribution is -0.137. The molecule has 0 spiro atoms. The number of rotatable bonds is 12. The average molecular weight is 393 g/mol. The van der Waals surface area contributed by atoms with Gasteiger partial charge in [0.05, 0.1) is 5.60 Å². The topological polar surface area (TPSA) is 74.6 Å². The highest BCUT2D eigenvalue weighted by Gasteiger charge is 2.35. The number of thioether (sulfide) groups is 1. The van der Waals surface area contributed by atoms with Gasteiger partial charge in [-0.2, -0.15) is 11.8 Å². The number of aliphatic carboxylic acids is 1. The second kappa shape index (κ2) is 10.9. The van der Waals surface area contributed by atoms with Crippen LogP contribution in [-0.2, 0) is 16.0 Å². The molecule has 1 aromatic rings. The fourth-order valence-corrected chi connectivity index (χ4v) is 5.27. The third kappa shape index (κ3) is 8.06. The van der Waals surface area contributed by atoms with Gasteiger partial charge in [0.1, 0.15) is 5.78 Å². The lowest BCUT2D eigenvalue weighted by Gasteiger charge is -2.26. The Morgan fingerprint density at radius 3 is 2.59 bits per heavy atom. The van der Waals surface area contributed by atoms with E-state index in [-0.39, 0.29) is 12.3 Å². The van der Waals surface area contributed by atoms with E-state index in [2.05, 4.69) is 0 Å². The predicted molar refractivity (Wildman–Crippen MR) is 110 cm³/mol. The Kier molecular flexibility index (Phi) is 8.84. The smallest absolute Gasteiger partial charge is 0.303 e. The van der Waals surface area contributed by atoms with Crippen LogP contribution in [0.3, 0.4) is 0 Å². The Bertz CT molecular complexity index is 600. The molecule has 3 atom stereocenters. The van der Waals surface area contributed by atoms with Gasteiger partial charge in [0, 0.05) is 36.2 Å². The van der Waals surface area contributed by atoms with E-state index in [0.29, 0.717) is 36.0 Å². The van der Waals surface area contributed by atoms with Crippen molar-refractivity contribution >= 4 is 23.5 Å². The molecule has 0 aromatic heterocycles. The maximum absolute atomic E-state index is 12.3. The number of carboxylic acids is 1. The summed E-state index contributed by atoms with van der Waals surface area (Å²) in [5, 5.41) is 19.7. The Hall–Kier alpha value is -1.33. The van der Waals surface area contributed by atoms with Gasteiger partial charge in [-0.05, 0) is 31.7 Å². The number of carbonyl (C=O) groups is 2. The molecule has 4 nitrogen and oxygen atoms in total. The molecule has 1 fully saturated rings. The molecule has 2 N–H and O–H groups in total. The second-order valence-electron chi connectivity index (χ2n) is 7.97. The first-order valence-electron chi connectivity index (χ1n) is 10.00. The summed E-state index contributed by atoms with van der Waals surface area (Å²) < 4.78 is 0. The van der Waals surface area contributed by atoms with E-state index in [1.54, 1.807) is 11.8 Å². The summed E-state index contributed by atoms with van der Waals surface area (Å²) in [6.07, 6.45) is 6.91. The van der Waals surface area contributed by atoms with Crippen LogP contribution >= 0.6 is 11.8 Å². The van der Waals surface area contributed by atoms with Crippen molar-refractivity contribution in [3.05, 3.63) is 35.9 Å². The van der Waals surface area contributed by atoms with Crippen molar-refractivity contribution in [2.24, 2.45) is 5.92 Å². The molecule has 0 amide bonds. The van der Waals surface area contributed by atoms with Gasteiger partial charge in [-0.15, -0.1) is 0 Å². The highest BCUT2D eigenvalue weighted by molar-refractivity contribution is 8.00. The van der Waals surface area contributed by atoms with E-state index in [4.69, 9.17) is 5.11 Å². The highest BCUT2D eigenvalue weighted by Crippen LogP contribution is 2.37. The second-order valence-corrected chi connectivity index (χ2v) is 9.19. The average Bonchev–Trinajstić information content (AvgIpc) is 2.96. The van der Waals surface area contributed by atoms with Gasteiger partial charge in [0.25, 0.3) is 0 Å². The van der Waals surface area contributed by atoms with E-state index >= 15 is 0 Å². The maximum atomic E-state index is 12.3. The molecule has 1 aromatic carbocycles. The van der Waals surface area contributed by atoms with Crippen molar-refractivity contribution in [3.8, 4) is 0 Å². The summed E-state index contributed by atoms with van der Waals surface area (Å²) in [5.41, 5.74) is 0.350. The van der Waals surface area contributed by atoms with Gasteiger partial charge >= 0.3 is 5.97 Å². The van der Waals surface area contributed by atoms with Crippen LogP contribution in [-0.4, -0.2) is 38.6 Å². The van der Waals surface area contributed by atoms with Crippen LogP contribution in [0.5, 0.6) is 0 Å². The first-order valence-corrected chi connectivity index (χ1v) is 11.0. The molecule has 0 saturated heterocycles. The van der Waals surface area contributed by atoms with Crippen molar-refractivity contribution in [1.29, 1.82) is 0 Å². The van der Waals surface area contributed by atoms with Crippen LogP contribution in [0.15, 0.2) is 30.3 Å². The molecule has 1 saturated carbocycles. The minimum absolute atomic E-state index is 0.0991. The Morgan fingerprint density at radius 2 is 1.89 bits per heavy atom. The number of benzene rings is 1. The molecule has 150 valence electrons. The van der Waals surface area contributed by atoms with Crippen molar-refractivity contribution in [2.45, 2.75) is 75.6 Å². The quantitative estimate of drug-likeness (QED) is 0.513. The van der Waals surface area contributed by atoms with Crippen LogP contribution in [0.1, 0.15) is 63.9 Å². The molecule has 1 aliphatic rings.